The minimum absolute atomic E-state index is 0.284. The van der Waals surface area contributed by atoms with Crippen molar-refractivity contribution in [3.8, 4) is 0 Å². The topological polar surface area (TPSA) is 78.5 Å². The van der Waals surface area contributed by atoms with Gasteiger partial charge in [0.2, 0.25) is 0 Å². The van der Waals surface area contributed by atoms with Crippen LogP contribution in [0, 0.1) is 5.82 Å². The number of rotatable bonds is 4. The highest BCUT2D eigenvalue weighted by atomic mass is 32.2. The zero-order chi connectivity index (χ0) is 19.9. The second-order valence-corrected chi connectivity index (χ2v) is 9.41. The fraction of sp³-hybridized carbons (Fsp3) is 0.250. The molecular formula is C20H20FN3O3S. The number of amides is 1. The molecule has 0 aliphatic carbocycles. The summed E-state index contributed by atoms with van der Waals surface area (Å²) < 4.78 is 36.7. The van der Waals surface area contributed by atoms with Crippen LogP contribution in [0.15, 0.2) is 48.7 Å². The molecule has 2 aromatic carbocycles. The summed E-state index contributed by atoms with van der Waals surface area (Å²) in [4.78, 5) is 14.2. The molecule has 1 amide bonds. The van der Waals surface area contributed by atoms with Crippen LogP contribution in [0.2, 0.25) is 0 Å². The van der Waals surface area contributed by atoms with Gasteiger partial charge in [0.1, 0.15) is 5.82 Å². The van der Waals surface area contributed by atoms with Crippen LogP contribution in [0.4, 0.5) is 21.5 Å². The molecule has 1 saturated heterocycles. The van der Waals surface area contributed by atoms with Crippen LogP contribution in [-0.4, -0.2) is 38.9 Å². The number of hydrogen-bond donors (Lipinski definition) is 2. The number of hydrogen-bond acceptors (Lipinski definition) is 5. The molecule has 1 atom stereocenters. The molecule has 28 heavy (non-hydrogen) atoms. The van der Waals surface area contributed by atoms with Gasteiger partial charge >= 0.3 is 0 Å². The summed E-state index contributed by atoms with van der Waals surface area (Å²) in [5.74, 6) is -0.683. The van der Waals surface area contributed by atoms with E-state index < -0.39 is 15.7 Å². The van der Waals surface area contributed by atoms with Crippen molar-refractivity contribution in [2.24, 2.45) is 0 Å². The van der Waals surface area contributed by atoms with Crippen LogP contribution in [-0.2, 0) is 14.6 Å². The van der Waals surface area contributed by atoms with Gasteiger partial charge in [0, 0.05) is 42.5 Å². The van der Waals surface area contributed by atoms with E-state index in [1.165, 1.54) is 18.4 Å². The summed E-state index contributed by atoms with van der Waals surface area (Å²) in [5.41, 5.74) is 3.30. The molecule has 0 bridgehead atoms. The Hall–Kier alpha value is -2.87. The first-order valence-corrected chi connectivity index (χ1v) is 10.9. The number of benzene rings is 2. The minimum Gasteiger partial charge on any atom is -0.370 e. The third-order valence-electron chi connectivity index (χ3n) is 5.13. The number of carbonyl (C=O) groups is 1. The maximum absolute atomic E-state index is 13.3. The molecule has 4 rings (SSSR count). The molecule has 0 spiro atoms. The van der Waals surface area contributed by atoms with Crippen LogP contribution in [0.1, 0.15) is 12.0 Å². The molecule has 2 N–H and O–H groups in total. The minimum atomic E-state index is -3.03. The Morgan fingerprint density at radius 3 is 2.64 bits per heavy atom. The van der Waals surface area contributed by atoms with Crippen molar-refractivity contribution in [2.45, 2.75) is 11.7 Å². The Kier molecular flexibility index (Phi) is 4.58. The molecule has 0 radical (unpaired) electrons. The van der Waals surface area contributed by atoms with Crippen molar-refractivity contribution in [3.63, 3.8) is 0 Å². The quantitative estimate of drug-likeness (QED) is 0.771. The van der Waals surface area contributed by atoms with Gasteiger partial charge in [0.15, 0.2) is 9.84 Å². The first-order valence-electron chi connectivity index (χ1n) is 8.93. The van der Waals surface area contributed by atoms with Crippen LogP contribution < -0.4 is 15.5 Å². The lowest BCUT2D eigenvalue weighted by molar-refractivity contribution is -0.110. The first-order chi connectivity index (χ1) is 13.3. The normalized spacial score (nSPS) is 20.4. The summed E-state index contributed by atoms with van der Waals surface area (Å²) in [6.45, 7) is 1.21. The summed E-state index contributed by atoms with van der Waals surface area (Å²) in [6, 6.07) is 11.8. The number of nitrogens with zero attached hydrogens (tertiary/aromatic N) is 1. The van der Waals surface area contributed by atoms with E-state index in [2.05, 4.69) is 15.5 Å². The van der Waals surface area contributed by atoms with Gasteiger partial charge in [-0.2, -0.15) is 0 Å². The molecule has 6 nitrogen and oxygen atoms in total. The van der Waals surface area contributed by atoms with Crippen LogP contribution in [0.3, 0.4) is 0 Å². The number of carbonyl (C=O) groups excluding carboxylic acids is 1. The third kappa shape index (κ3) is 3.60. The maximum atomic E-state index is 13.3. The molecule has 8 heteroatoms. The molecule has 2 aliphatic rings. The van der Waals surface area contributed by atoms with Gasteiger partial charge in [0.25, 0.3) is 5.91 Å². The van der Waals surface area contributed by atoms with E-state index in [9.17, 15) is 17.6 Å². The second kappa shape index (κ2) is 6.94. The summed E-state index contributed by atoms with van der Waals surface area (Å²) >= 11 is 0. The average molecular weight is 401 g/mol. The smallest absolute Gasteiger partial charge is 0.257 e. The second-order valence-electron chi connectivity index (χ2n) is 7.08. The fourth-order valence-electron chi connectivity index (χ4n) is 3.55. The SMILES string of the molecule is CS(=O)(=O)C1CCN(c2ccc(NC=C3C(=O)Nc4cc(F)ccc43)cc2)C1. The summed E-state index contributed by atoms with van der Waals surface area (Å²) in [6.07, 6.45) is 3.52. The maximum Gasteiger partial charge on any atom is 0.257 e. The van der Waals surface area contributed by atoms with Crippen molar-refractivity contribution in [2.75, 3.05) is 34.9 Å². The van der Waals surface area contributed by atoms with E-state index in [-0.39, 0.29) is 11.2 Å². The lowest BCUT2D eigenvalue weighted by atomic mass is 10.1. The van der Waals surface area contributed by atoms with Crippen molar-refractivity contribution >= 4 is 38.4 Å². The molecular weight excluding hydrogens is 381 g/mol. The number of nitrogens with one attached hydrogen (secondary N) is 2. The molecule has 1 fully saturated rings. The van der Waals surface area contributed by atoms with E-state index in [0.717, 1.165) is 11.4 Å². The number of sulfone groups is 1. The van der Waals surface area contributed by atoms with E-state index in [1.807, 2.05) is 24.3 Å². The molecule has 146 valence electrons. The first kappa shape index (κ1) is 18.5. The molecule has 0 saturated carbocycles. The van der Waals surface area contributed by atoms with Crippen molar-refractivity contribution in [1.82, 2.24) is 0 Å². The van der Waals surface area contributed by atoms with E-state index in [1.54, 1.807) is 12.3 Å². The molecule has 2 heterocycles. The highest BCUT2D eigenvalue weighted by Crippen LogP contribution is 2.32. The van der Waals surface area contributed by atoms with Gasteiger partial charge in [-0.05, 0) is 48.9 Å². The van der Waals surface area contributed by atoms with Gasteiger partial charge in [0.05, 0.1) is 16.5 Å². The highest BCUT2D eigenvalue weighted by molar-refractivity contribution is 7.91. The molecule has 2 aromatic rings. The zero-order valence-corrected chi connectivity index (χ0v) is 16.1. The lowest BCUT2D eigenvalue weighted by Gasteiger charge is -2.18. The van der Waals surface area contributed by atoms with E-state index in [4.69, 9.17) is 0 Å². The lowest BCUT2D eigenvalue weighted by Crippen LogP contribution is -2.25. The fourth-order valence-corrected chi connectivity index (χ4v) is 4.53. The van der Waals surface area contributed by atoms with E-state index >= 15 is 0 Å². The Bertz CT molecular complexity index is 1060. The standard InChI is InChI=1S/C20H20FN3O3S/c1-28(26,27)16-8-9-24(12-16)15-5-3-14(4-6-15)22-11-18-17-7-2-13(21)10-19(17)23-20(18)25/h2-7,10-11,16,22H,8-9,12H2,1H3,(H,23,25). The van der Waals surface area contributed by atoms with Gasteiger partial charge in [-0.1, -0.05) is 0 Å². The Balaban J connectivity index is 1.46. The van der Waals surface area contributed by atoms with Crippen molar-refractivity contribution in [3.05, 3.63) is 60.0 Å². The predicted molar refractivity (Wildman–Crippen MR) is 109 cm³/mol. The highest BCUT2D eigenvalue weighted by Gasteiger charge is 2.30. The van der Waals surface area contributed by atoms with Gasteiger partial charge in [-0.25, -0.2) is 12.8 Å². The number of fused-ring (bicyclic) bond motifs is 1. The largest absolute Gasteiger partial charge is 0.370 e. The predicted octanol–water partition coefficient (Wildman–Crippen LogP) is 2.85. The Morgan fingerprint density at radius 1 is 1.21 bits per heavy atom. The van der Waals surface area contributed by atoms with Gasteiger partial charge in [-0.15, -0.1) is 0 Å². The van der Waals surface area contributed by atoms with Crippen molar-refractivity contribution < 1.29 is 17.6 Å². The van der Waals surface area contributed by atoms with Crippen molar-refractivity contribution in [1.29, 1.82) is 0 Å². The molecule has 2 aliphatic heterocycles. The van der Waals surface area contributed by atoms with Crippen LogP contribution in [0.25, 0.3) is 5.57 Å². The number of halogens is 1. The summed E-state index contributed by atoms with van der Waals surface area (Å²) in [5, 5.41) is 5.42. The molecule has 0 aromatic heterocycles. The van der Waals surface area contributed by atoms with Crippen LogP contribution >= 0.6 is 0 Å². The van der Waals surface area contributed by atoms with Gasteiger partial charge < -0.3 is 15.5 Å². The average Bonchev–Trinajstić information content (AvgIpc) is 3.24. The summed E-state index contributed by atoms with van der Waals surface area (Å²) in [7, 11) is -3.03. The van der Waals surface area contributed by atoms with Gasteiger partial charge in [-0.3, -0.25) is 4.79 Å². The van der Waals surface area contributed by atoms with E-state index in [0.29, 0.717) is 36.3 Å². The number of anilines is 3. The Morgan fingerprint density at radius 2 is 1.96 bits per heavy atom. The monoisotopic (exact) mass is 401 g/mol. The Labute approximate surface area is 163 Å². The zero-order valence-electron chi connectivity index (χ0n) is 15.3. The third-order valence-corrected chi connectivity index (χ3v) is 6.73. The van der Waals surface area contributed by atoms with Crippen LogP contribution in [0.5, 0.6) is 0 Å². The molecule has 1 unspecified atom stereocenters.